The first-order valence-electron chi connectivity index (χ1n) is 11.8. The van der Waals surface area contributed by atoms with Gasteiger partial charge < -0.3 is 15.5 Å². The summed E-state index contributed by atoms with van der Waals surface area (Å²) in [5.41, 5.74) is 0.742. The molecular weight excluding hydrogens is 459 g/mol. The van der Waals surface area contributed by atoms with Crippen LogP contribution in [0.5, 0.6) is 0 Å². The van der Waals surface area contributed by atoms with Gasteiger partial charge in [0.2, 0.25) is 5.95 Å². The minimum atomic E-state index is 0.0452. The zero-order chi connectivity index (χ0) is 23.2. The Morgan fingerprint density at radius 3 is 2.39 bits per heavy atom. The van der Waals surface area contributed by atoms with E-state index in [-0.39, 0.29) is 11.1 Å². The summed E-state index contributed by atoms with van der Waals surface area (Å²) in [5.74, 6) is 1.97. The molecule has 2 aliphatic rings. The van der Waals surface area contributed by atoms with Crippen LogP contribution in [0.3, 0.4) is 0 Å². The number of benzene rings is 1. The molecule has 2 aromatic rings. The van der Waals surface area contributed by atoms with Gasteiger partial charge in [-0.15, -0.1) is 0 Å². The van der Waals surface area contributed by atoms with E-state index in [0.29, 0.717) is 22.8 Å². The molecule has 1 aromatic heterocycles. The number of nitrogens with one attached hydrogen (secondary N) is 2. The molecule has 4 rings (SSSR count). The number of halogens is 2. The summed E-state index contributed by atoms with van der Waals surface area (Å²) in [6.45, 7) is 4.81. The van der Waals surface area contributed by atoms with Crippen molar-refractivity contribution in [1.82, 2.24) is 20.2 Å². The van der Waals surface area contributed by atoms with Crippen LogP contribution in [-0.4, -0.2) is 66.6 Å². The Hall–Kier alpha value is -2.09. The summed E-state index contributed by atoms with van der Waals surface area (Å²) in [6, 6.07) is 9.78. The van der Waals surface area contributed by atoms with Crippen molar-refractivity contribution in [2.45, 2.75) is 38.1 Å². The number of aromatic nitrogens is 2. The molecule has 0 radical (unpaired) electrons. The molecule has 7 nitrogen and oxygen atoms in total. The third-order valence-electron chi connectivity index (χ3n) is 6.76. The number of piperazine rings is 1. The highest BCUT2D eigenvalue weighted by molar-refractivity contribution is 6.42. The Balaban J connectivity index is 1.18. The van der Waals surface area contributed by atoms with Crippen molar-refractivity contribution in [3.05, 3.63) is 46.1 Å². The SMILES string of the molecule is CNc1nc(Cl)c(Cl)c(N2CCN(CCC3CCC(NC(=O)c4ccccc4)CC3)CC2)n1. The minimum Gasteiger partial charge on any atom is -0.357 e. The number of rotatable bonds is 7. The minimum absolute atomic E-state index is 0.0452. The van der Waals surface area contributed by atoms with Crippen molar-refractivity contribution in [2.24, 2.45) is 5.92 Å². The summed E-state index contributed by atoms with van der Waals surface area (Å²) in [7, 11) is 1.77. The molecule has 1 aliphatic heterocycles. The van der Waals surface area contributed by atoms with Crippen LogP contribution in [0.4, 0.5) is 11.8 Å². The Morgan fingerprint density at radius 1 is 1.03 bits per heavy atom. The molecule has 2 N–H and O–H groups in total. The average molecular weight is 491 g/mol. The van der Waals surface area contributed by atoms with Crippen molar-refractivity contribution in [3.8, 4) is 0 Å². The van der Waals surface area contributed by atoms with E-state index in [1.54, 1.807) is 7.05 Å². The number of carbonyl (C=O) groups excluding carboxylic acids is 1. The van der Waals surface area contributed by atoms with E-state index in [0.717, 1.165) is 57.0 Å². The van der Waals surface area contributed by atoms with Crippen LogP contribution in [0.1, 0.15) is 42.5 Å². The fourth-order valence-corrected chi connectivity index (χ4v) is 5.10. The second kappa shape index (κ2) is 11.4. The molecule has 0 unspecified atom stereocenters. The zero-order valence-electron chi connectivity index (χ0n) is 19.1. The van der Waals surface area contributed by atoms with Gasteiger partial charge in [-0.05, 0) is 56.7 Å². The van der Waals surface area contributed by atoms with Gasteiger partial charge in [0.25, 0.3) is 5.91 Å². The highest BCUT2D eigenvalue weighted by atomic mass is 35.5. The first-order chi connectivity index (χ1) is 16.0. The molecule has 1 aliphatic carbocycles. The lowest BCUT2D eigenvalue weighted by molar-refractivity contribution is 0.0919. The maximum atomic E-state index is 12.4. The summed E-state index contributed by atoms with van der Waals surface area (Å²) in [5, 5.41) is 6.84. The van der Waals surface area contributed by atoms with E-state index in [9.17, 15) is 4.79 Å². The smallest absolute Gasteiger partial charge is 0.251 e. The topological polar surface area (TPSA) is 73.4 Å². The summed E-state index contributed by atoms with van der Waals surface area (Å²) in [6.07, 6.45) is 5.71. The van der Waals surface area contributed by atoms with Gasteiger partial charge in [-0.3, -0.25) is 9.69 Å². The number of anilines is 2. The van der Waals surface area contributed by atoms with E-state index >= 15 is 0 Å². The predicted octanol–water partition coefficient (Wildman–Crippen LogP) is 4.33. The third kappa shape index (κ3) is 6.28. The lowest BCUT2D eigenvalue weighted by Gasteiger charge is -2.37. The Labute approximate surface area is 205 Å². The summed E-state index contributed by atoms with van der Waals surface area (Å²) < 4.78 is 0. The summed E-state index contributed by atoms with van der Waals surface area (Å²) >= 11 is 12.5. The fraction of sp³-hybridized carbons (Fsp3) is 0.542. The summed E-state index contributed by atoms with van der Waals surface area (Å²) in [4.78, 5) is 25.7. The van der Waals surface area contributed by atoms with E-state index in [4.69, 9.17) is 23.2 Å². The Morgan fingerprint density at radius 2 is 1.73 bits per heavy atom. The van der Waals surface area contributed by atoms with Crippen LogP contribution in [0.25, 0.3) is 0 Å². The molecule has 0 spiro atoms. The highest BCUT2D eigenvalue weighted by Crippen LogP contribution is 2.32. The van der Waals surface area contributed by atoms with Gasteiger partial charge >= 0.3 is 0 Å². The van der Waals surface area contributed by atoms with Gasteiger partial charge in [-0.25, -0.2) is 0 Å². The van der Waals surface area contributed by atoms with Crippen LogP contribution in [-0.2, 0) is 0 Å². The van der Waals surface area contributed by atoms with Crippen molar-refractivity contribution < 1.29 is 4.79 Å². The largest absolute Gasteiger partial charge is 0.357 e. The quantitative estimate of drug-likeness (QED) is 0.562. The van der Waals surface area contributed by atoms with Gasteiger partial charge in [0.1, 0.15) is 5.02 Å². The first-order valence-corrected chi connectivity index (χ1v) is 12.5. The lowest BCUT2D eigenvalue weighted by Crippen LogP contribution is -2.47. The third-order valence-corrected chi connectivity index (χ3v) is 7.48. The molecule has 33 heavy (non-hydrogen) atoms. The second-order valence-electron chi connectivity index (χ2n) is 8.90. The first kappa shape index (κ1) is 24.0. The number of hydrogen-bond donors (Lipinski definition) is 2. The van der Waals surface area contributed by atoms with Crippen molar-refractivity contribution in [2.75, 3.05) is 50.0 Å². The molecule has 1 amide bonds. The second-order valence-corrected chi connectivity index (χ2v) is 9.64. The molecule has 0 atom stereocenters. The lowest BCUT2D eigenvalue weighted by atomic mass is 9.84. The molecular formula is C24H32Cl2N6O. The van der Waals surface area contributed by atoms with Gasteiger partial charge in [0, 0.05) is 44.8 Å². The molecule has 1 saturated heterocycles. The van der Waals surface area contributed by atoms with Gasteiger partial charge in [0.05, 0.1) is 0 Å². The van der Waals surface area contributed by atoms with Crippen LogP contribution in [0.15, 0.2) is 30.3 Å². The molecule has 1 saturated carbocycles. The molecule has 9 heteroatoms. The van der Waals surface area contributed by atoms with E-state index in [2.05, 4.69) is 30.4 Å². The maximum Gasteiger partial charge on any atom is 0.251 e. The normalized spacial score (nSPS) is 21.6. The molecule has 178 valence electrons. The molecule has 0 bridgehead atoms. The highest BCUT2D eigenvalue weighted by Gasteiger charge is 2.25. The van der Waals surface area contributed by atoms with Crippen LogP contribution < -0.4 is 15.5 Å². The Bertz CT molecular complexity index is 928. The van der Waals surface area contributed by atoms with Crippen LogP contribution in [0.2, 0.25) is 10.2 Å². The Kier molecular flexibility index (Phi) is 8.28. The van der Waals surface area contributed by atoms with E-state index in [1.165, 1.54) is 19.3 Å². The van der Waals surface area contributed by atoms with Crippen molar-refractivity contribution >= 4 is 40.9 Å². The van der Waals surface area contributed by atoms with Crippen molar-refractivity contribution in [1.29, 1.82) is 0 Å². The average Bonchev–Trinajstić information content (AvgIpc) is 2.86. The van der Waals surface area contributed by atoms with Crippen LogP contribution in [0, 0.1) is 5.92 Å². The zero-order valence-corrected chi connectivity index (χ0v) is 20.6. The number of hydrogen-bond acceptors (Lipinski definition) is 6. The van der Waals surface area contributed by atoms with Gasteiger partial charge in [0.15, 0.2) is 11.0 Å². The van der Waals surface area contributed by atoms with Gasteiger partial charge in [-0.1, -0.05) is 41.4 Å². The molecule has 2 fully saturated rings. The number of carbonyl (C=O) groups is 1. The van der Waals surface area contributed by atoms with E-state index in [1.807, 2.05) is 30.3 Å². The molecule has 1 aromatic carbocycles. The maximum absolute atomic E-state index is 12.4. The van der Waals surface area contributed by atoms with E-state index < -0.39 is 0 Å². The van der Waals surface area contributed by atoms with Crippen LogP contribution >= 0.6 is 23.2 Å². The standard InChI is InChI=1S/C24H32Cl2N6O/c1-27-24-29-21(26)20(25)22(30-24)32-15-13-31(14-16-32)12-11-17-7-9-19(10-8-17)28-23(33)18-5-3-2-4-6-18/h2-6,17,19H,7-16H2,1H3,(H,28,33)(H,27,29,30). The number of amides is 1. The monoisotopic (exact) mass is 490 g/mol. The molecule has 2 heterocycles. The van der Waals surface area contributed by atoms with Gasteiger partial charge in [-0.2, -0.15) is 9.97 Å². The number of nitrogens with zero attached hydrogens (tertiary/aromatic N) is 4. The fourth-order valence-electron chi connectivity index (χ4n) is 4.73. The van der Waals surface area contributed by atoms with Crippen molar-refractivity contribution in [3.63, 3.8) is 0 Å². The predicted molar refractivity (Wildman–Crippen MR) is 135 cm³/mol.